The molecule has 0 saturated heterocycles. The van der Waals surface area contributed by atoms with Gasteiger partial charge in [-0.2, -0.15) is 4.98 Å². The van der Waals surface area contributed by atoms with E-state index in [0.29, 0.717) is 10.8 Å². The van der Waals surface area contributed by atoms with E-state index in [1.807, 2.05) is 6.92 Å². The number of ether oxygens (including phenoxy) is 2. The van der Waals surface area contributed by atoms with Gasteiger partial charge in [0.2, 0.25) is 5.95 Å². The van der Waals surface area contributed by atoms with E-state index >= 15 is 0 Å². The number of aromatic amines is 1. The number of methoxy groups -OCH3 is 1. The third-order valence-corrected chi connectivity index (χ3v) is 2.64. The van der Waals surface area contributed by atoms with Crippen LogP contribution in [0.2, 0.25) is 5.02 Å². The smallest absolute Gasteiger partial charge is 0.336 e. The number of aromatic nitrogens is 3. The molecule has 106 valence electrons. The monoisotopic (exact) mass is 296 g/mol. The lowest BCUT2D eigenvalue weighted by Crippen LogP contribution is -2.21. The lowest BCUT2D eigenvalue weighted by atomic mass is 10.2. The van der Waals surface area contributed by atoms with Gasteiger partial charge in [-0.1, -0.05) is 11.6 Å². The molecule has 1 heterocycles. The van der Waals surface area contributed by atoms with Crippen molar-refractivity contribution in [2.24, 2.45) is 0 Å². The van der Waals surface area contributed by atoms with Gasteiger partial charge in [0.15, 0.2) is 6.61 Å². The van der Waals surface area contributed by atoms with Crippen LogP contribution in [0.3, 0.4) is 0 Å². The molecule has 2 N–H and O–H groups in total. The fourth-order valence-electron chi connectivity index (χ4n) is 1.48. The molecule has 0 atom stereocenters. The fraction of sp³-hybridized carbons (Fsp3) is 0.250. The highest BCUT2D eigenvalue weighted by Crippen LogP contribution is 2.21. The van der Waals surface area contributed by atoms with Gasteiger partial charge in [0.05, 0.1) is 7.11 Å². The van der Waals surface area contributed by atoms with Gasteiger partial charge in [0.1, 0.15) is 5.75 Å². The standard InChI is InChI=1S/C12H13ClN4O3/c1-7-5-8(13)3-4-9(7)20-6-10(18)14-11-15-12(19-2)17-16-11/h3-5H,6H2,1-2H3,(H2,14,15,16,17,18). The Bertz CT molecular complexity index is 614. The maximum atomic E-state index is 11.7. The van der Waals surface area contributed by atoms with Crippen LogP contribution in [-0.2, 0) is 4.79 Å². The Morgan fingerprint density at radius 2 is 2.30 bits per heavy atom. The number of amides is 1. The quantitative estimate of drug-likeness (QED) is 0.878. The number of aryl methyl sites for hydroxylation is 1. The van der Waals surface area contributed by atoms with Crippen molar-refractivity contribution in [3.8, 4) is 11.8 Å². The second-order valence-electron chi connectivity index (χ2n) is 3.92. The zero-order chi connectivity index (χ0) is 14.5. The second-order valence-corrected chi connectivity index (χ2v) is 4.35. The normalized spacial score (nSPS) is 10.2. The Morgan fingerprint density at radius 1 is 1.50 bits per heavy atom. The number of H-pyrrole nitrogens is 1. The summed E-state index contributed by atoms with van der Waals surface area (Å²) < 4.78 is 10.2. The summed E-state index contributed by atoms with van der Waals surface area (Å²) in [5.74, 6) is 0.432. The van der Waals surface area contributed by atoms with Crippen molar-refractivity contribution >= 4 is 23.5 Å². The summed E-state index contributed by atoms with van der Waals surface area (Å²) in [5.41, 5.74) is 0.853. The molecule has 7 nitrogen and oxygen atoms in total. The molecule has 0 fully saturated rings. The Morgan fingerprint density at radius 3 is 2.95 bits per heavy atom. The number of carbonyl (C=O) groups is 1. The molecular formula is C12H13ClN4O3. The Labute approximate surface area is 120 Å². The van der Waals surface area contributed by atoms with Gasteiger partial charge in [-0.3, -0.25) is 10.1 Å². The summed E-state index contributed by atoms with van der Waals surface area (Å²) in [6.45, 7) is 1.70. The van der Waals surface area contributed by atoms with E-state index in [4.69, 9.17) is 21.1 Å². The number of carbonyl (C=O) groups excluding carboxylic acids is 1. The predicted octanol–water partition coefficient (Wildman–Crippen LogP) is 1.79. The lowest BCUT2D eigenvalue weighted by molar-refractivity contribution is -0.118. The maximum Gasteiger partial charge on any atom is 0.336 e. The van der Waals surface area contributed by atoms with Crippen LogP contribution >= 0.6 is 11.6 Å². The minimum atomic E-state index is -0.363. The molecule has 2 aromatic rings. The highest BCUT2D eigenvalue weighted by molar-refractivity contribution is 6.30. The molecule has 0 aliphatic heterocycles. The molecule has 0 radical (unpaired) electrons. The first-order valence-corrected chi connectivity index (χ1v) is 6.11. The van der Waals surface area contributed by atoms with Crippen molar-refractivity contribution in [2.75, 3.05) is 19.0 Å². The average molecular weight is 297 g/mol. The number of nitrogens with zero attached hydrogens (tertiary/aromatic N) is 2. The molecule has 0 aliphatic rings. The zero-order valence-corrected chi connectivity index (χ0v) is 11.7. The van der Waals surface area contributed by atoms with Gasteiger partial charge in [-0.15, -0.1) is 5.10 Å². The first kappa shape index (κ1) is 14.1. The van der Waals surface area contributed by atoms with Crippen LogP contribution in [0.4, 0.5) is 5.95 Å². The van der Waals surface area contributed by atoms with Crippen LogP contribution in [0.5, 0.6) is 11.8 Å². The van der Waals surface area contributed by atoms with Crippen molar-refractivity contribution in [2.45, 2.75) is 6.92 Å². The van der Waals surface area contributed by atoms with Crippen molar-refractivity contribution in [3.63, 3.8) is 0 Å². The number of hydrogen-bond acceptors (Lipinski definition) is 5. The molecule has 2 rings (SSSR count). The number of nitrogens with one attached hydrogen (secondary N) is 2. The topological polar surface area (TPSA) is 89.1 Å². The molecule has 1 amide bonds. The van der Waals surface area contributed by atoms with Crippen LogP contribution < -0.4 is 14.8 Å². The number of hydrogen-bond donors (Lipinski definition) is 2. The number of rotatable bonds is 5. The summed E-state index contributed by atoms with van der Waals surface area (Å²) in [4.78, 5) is 15.5. The zero-order valence-electron chi connectivity index (χ0n) is 10.9. The molecule has 1 aromatic heterocycles. The van der Waals surface area contributed by atoms with E-state index in [0.717, 1.165) is 5.56 Å². The minimum Gasteiger partial charge on any atom is -0.483 e. The van der Waals surface area contributed by atoms with Gasteiger partial charge < -0.3 is 9.47 Å². The van der Waals surface area contributed by atoms with E-state index in [1.165, 1.54) is 7.11 Å². The van der Waals surface area contributed by atoms with Gasteiger partial charge in [-0.05, 0) is 30.7 Å². The second kappa shape index (κ2) is 6.25. The van der Waals surface area contributed by atoms with Crippen LogP contribution in [0.1, 0.15) is 5.56 Å². The SMILES string of the molecule is COc1n[nH]c(NC(=O)COc2ccc(Cl)cc2C)n1. The maximum absolute atomic E-state index is 11.7. The van der Waals surface area contributed by atoms with Crippen molar-refractivity contribution in [3.05, 3.63) is 28.8 Å². The van der Waals surface area contributed by atoms with E-state index in [2.05, 4.69) is 20.5 Å². The van der Waals surface area contributed by atoms with E-state index in [9.17, 15) is 4.79 Å². The molecule has 8 heteroatoms. The molecule has 0 bridgehead atoms. The number of benzene rings is 1. The summed E-state index contributed by atoms with van der Waals surface area (Å²) in [5, 5.41) is 9.33. The van der Waals surface area contributed by atoms with E-state index in [-0.39, 0.29) is 24.5 Å². The number of halogens is 1. The summed E-state index contributed by atoms with van der Waals surface area (Å²) in [6, 6.07) is 5.32. The molecular weight excluding hydrogens is 284 g/mol. The highest BCUT2D eigenvalue weighted by Gasteiger charge is 2.09. The van der Waals surface area contributed by atoms with Crippen molar-refractivity contribution < 1.29 is 14.3 Å². The first-order chi connectivity index (χ1) is 9.58. The highest BCUT2D eigenvalue weighted by atomic mass is 35.5. The van der Waals surface area contributed by atoms with Gasteiger partial charge >= 0.3 is 6.01 Å². The predicted molar refractivity (Wildman–Crippen MR) is 73.2 cm³/mol. The van der Waals surface area contributed by atoms with Crippen molar-refractivity contribution in [1.29, 1.82) is 0 Å². The van der Waals surface area contributed by atoms with Crippen LogP contribution in [-0.4, -0.2) is 34.8 Å². The summed E-state index contributed by atoms with van der Waals surface area (Å²) >= 11 is 5.84. The molecule has 0 saturated carbocycles. The van der Waals surface area contributed by atoms with Gasteiger partial charge in [-0.25, -0.2) is 5.10 Å². The molecule has 20 heavy (non-hydrogen) atoms. The average Bonchev–Trinajstić information content (AvgIpc) is 2.85. The van der Waals surface area contributed by atoms with E-state index in [1.54, 1.807) is 18.2 Å². The lowest BCUT2D eigenvalue weighted by Gasteiger charge is -2.08. The first-order valence-electron chi connectivity index (χ1n) is 5.73. The summed E-state index contributed by atoms with van der Waals surface area (Å²) in [7, 11) is 1.43. The summed E-state index contributed by atoms with van der Waals surface area (Å²) in [6.07, 6.45) is 0. The van der Waals surface area contributed by atoms with E-state index < -0.39 is 0 Å². The minimum absolute atomic E-state index is 0.147. The largest absolute Gasteiger partial charge is 0.483 e. The third kappa shape index (κ3) is 3.61. The van der Waals surface area contributed by atoms with Gasteiger partial charge in [0, 0.05) is 5.02 Å². The van der Waals surface area contributed by atoms with Gasteiger partial charge in [0.25, 0.3) is 5.91 Å². The van der Waals surface area contributed by atoms with Crippen LogP contribution in [0.15, 0.2) is 18.2 Å². The number of anilines is 1. The Kier molecular flexibility index (Phi) is 4.41. The molecule has 0 aliphatic carbocycles. The molecule has 0 spiro atoms. The van der Waals surface area contributed by atoms with Crippen LogP contribution in [0.25, 0.3) is 0 Å². The Balaban J connectivity index is 1.88. The Hall–Kier alpha value is -2.28. The fourth-order valence-corrected chi connectivity index (χ4v) is 1.71. The molecule has 1 aromatic carbocycles. The van der Waals surface area contributed by atoms with Crippen LogP contribution in [0, 0.1) is 6.92 Å². The molecule has 0 unspecified atom stereocenters. The third-order valence-electron chi connectivity index (χ3n) is 2.40. The van der Waals surface area contributed by atoms with Crippen molar-refractivity contribution in [1.82, 2.24) is 15.2 Å².